The molecular weight excluding hydrogens is 505 g/mol. The van der Waals surface area contributed by atoms with Crippen LogP contribution >= 0.6 is 59.5 Å². The molecule has 0 aliphatic heterocycles. The van der Waals surface area contributed by atoms with Crippen molar-refractivity contribution in [3.8, 4) is 0 Å². The van der Waals surface area contributed by atoms with Gasteiger partial charge in [-0.05, 0) is 0 Å². The van der Waals surface area contributed by atoms with Gasteiger partial charge in [0.05, 0.1) is 5.75 Å². The van der Waals surface area contributed by atoms with Crippen LogP contribution in [0.4, 0.5) is 0 Å². The minimum Gasteiger partial charge on any atom is -0.480 e. The number of thiol groups is 3. The van der Waals surface area contributed by atoms with E-state index in [4.69, 9.17) is 37.7 Å². The zero-order valence-electron chi connectivity index (χ0n) is 15.7. The van der Waals surface area contributed by atoms with Crippen molar-refractivity contribution in [2.45, 2.75) is 10.5 Å². The average Bonchev–Trinajstić information content (AvgIpc) is 2.64. The zero-order valence-corrected chi connectivity index (χ0v) is 20.8. The van der Waals surface area contributed by atoms with Crippen LogP contribution in [-0.4, -0.2) is 94.8 Å². The van der Waals surface area contributed by atoms with Gasteiger partial charge in [0.15, 0.2) is 0 Å². The third kappa shape index (κ3) is 39.5. The Bertz CT molecular complexity index is 461. The number of carboxylic acid groups (broad SMARTS) is 2. The number of rotatable bonds is 11. The molecule has 0 bridgehead atoms. The first-order chi connectivity index (χ1) is 13.4. The van der Waals surface area contributed by atoms with Crippen molar-refractivity contribution in [2.24, 2.45) is 22.9 Å². The highest BCUT2D eigenvalue weighted by atomic mass is 33.1. The van der Waals surface area contributed by atoms with Crippen molar-refractivity contribution < 1.29 is 32.8 Å². The normalized spacial score (nSPS) is 12.0. The monoisotopic (exact) mass is 536 g/mol. The molecule has 0 saturated carbocycles. The van der Waals surface area contributed by atoms with Gasteiger partial charge in [0.1, 0.15) is 10.5 Å². The van der Waals surface area contributed by atoms with E-state index >= 15 is 0 Å². The predicted molar refractivity (Wildman–Crippen MR) is 132 cm³/mol. The number of carbonyl (C=O) groups is 2. The number of carboxylic acids is 2. The summed E-state index contributed by atoms with van der Waals surface area (Å²) < 4.78 is 27.3. The maximum atomic E-state index is 10.1. The minimum absolute atomic E-state index is 0.0289. The molecule has 29 heavy (non-hydrogen) atoms. The summed E-state index contributed by atoms with van der Waals surface area (Å²) >= 11 is 10.8. The molecule has 11 nitrogen and oxygen atoms in total. The van der Waals surface area contributed by atoms with E-state index in [0.717, 1.165) is 30.3 Å². The molecule has 17 heteroatoms. The smallest absolute Gasteiger partial charge is 0.318 e. The largest absolute Gasteiger partial charge is 0.480 e. The number of aliphatic carboxylic acids is 2. The standard InChI is InChI=1S/C4H12N2S2.C4H6O4S2.C2H7NO3S.C2H7NS/c5-1-3-7-8-4-2-6;5-3(6)1(9)2(10)4(7)8;3-1-2-7(4,5)6;3-1-2-4/h1-6H2;1-2,9-10H,(H,5,6)(H,7,8);1-3H2,(H,4,5,6);4H,1-3H2. The second-order valence-corrected chi connectivity index (χ2v) is 10.2. The number of nitrogens with two attached hydrogens (primary N) is 4. The molecular formula is C12H32N4O7S6. The Morgan fingerprint density at radius 3 is 1.24 bits per heavy atom. The van der Waals surface area contributed by atoms with Crippen LogP contribution in [0.1, 0.15) is 0 Å². The number of hydrogen-bond acceptors (Lipinski definition) is 13. The highest BCUT2D eigenvalue weighted by molar-refractivity contribution is 8.76. The van der Waals surface area contributed by atoms with Gasteiger partial charge < -0.3 is 33.1 Å². The summed E-state index contributed by atoms with van der Waals surface area (Å²) in [7, 11) is -0.220. The van der Waals surface area contributed by atoms with Crippen LogP contribution in [0.25, 0.3) is 0 Å². The molecule has 0 aromatic heterocycles. The van der Waals surface area contributed by atoms with Gasteiger partial charge in [0.2, 0.25) is 0 Å². The summed E-state index contributed by atoms with van der Waals surface area (Å²) in [5.74, 6) is -0.0704. The van der Waals surface area contributed by atoms with Gasteiger partial charge >= 0.3 is 11.9 Å². The Balaban J connectivity index is -0.000000150. The third-order valence-electron chi connectivity index (χ3n) is 1.80. The van der Waals surface area contributed by atoms with Crippen molar-refractivity contribution >= 4 is 81.5 Å². The van der Waals surface area contributed by atoms with Gasteiger partial charge in [-0.3, -0.25) is 14.1 Å². The molecule has 0 radical (unpaired) electrons. The second kappa shape index (κ2) is 26.5. The van der Waals surface area contributed by atoms with Gasteiger partial charge in [-0.25, -0.2) is 0 Å². The Labute approximate surface area is 196 Å². The summed E-state index contributed by atoms with van der Waals surface area (Å²) in [5.41, 5.74) is 20.2. The lowest BCUT2D eigenvalue weighted by atomic mass is 10.3. The molecule has 0 rings (SSSR count). The molecule has 0 spiro atoms. The highest BCUT2D eigenvalue weighted by Gasteiger charge is 2.26. The Morgan fingerprint density at radius 1 is 0.828 bits per heavy atom. The molecule has 0 amide bonds. The fourth-order valence-corrected chi connectivity index (χ4v) is 2.90. The fraction of sp³-hybridized carbons (Fsp3) is 0.833. The lowest BCUT2D eigenvalue weighted by Crippen LogP contribution is -2.31. The lowest BCUT2D eigenvalue weighted by molar-refractivity contribution is -0.142. The first kappa shape index (κ1) is 36.8. The van der Waals surface area contributed by atoms with Crippen LogP contribution in [0, 0.1) is 0 Å². The van der Waals surface area contributed by atoms with Gasteiger partial charge in [-0.1, -0.05) is 21.6 Å². The predicted octanol–water partition coefficient (Wildman–Crippen LogP) is -1.25. The molecule has 0 fully saturated rings. The molecule has 0 saturated heterocycles. The molecule has 0 aromatic rings. The lowest BCUT2D eigenvalue weighted by Gasteiger charge is -2.07. The molecule has 0 aromatic carbocycles. The van der Waals surface area contributed by atoms with E-state index in [1.807, 2.05) is 0 Å². The van der Waals surface area contributed by atoms with Crippen LogP contribution in [-0.2, 0) is 19.7 Å². The quantitative estimate of drug-likeness (QED) is 0.0643. The first-order valence-electron chi connectivity index (χ1n) is 7.78. The van der Waals surface area contributed by atoms with Crippen molar-refractivity contribution in [3.05, 3.63) is 0 Å². The van der Waals surface area contributed by atoms with E-state index in [2.05, 4.69) is 37.9 Å². The third-order valence-corrected chi connectivity index (χ3v) is 6.55. The van der Waals surface area contributed by atoms with E-state index in [9.17, 15) is 18.0 Å². The SMILES string of the molecule is NCCS.NCCS(=O)(=O)O.NCCSSCCN.O=C(O)C(S)C(S)C(=O)O. The fourth-order valence-electron chi connectivity index (χ4n) is 0.633. The first-order valence-corrected chi connectivity index (χ1v) is 13.5. The van der Waals surface area contributed by atoms with Crippen LogP contribution in [0.2, 0.25) is 0 Å². The summed E-state index contributed by atoms with van der Waals surface area (Å²) in [6.07, 6.45) is 0. The van der Waals surface area contributed by atoms with Gasteiger partial charge in [0, 0.05) is 43.4 Å². The van der Waals surface area contributed by atoms with E-state index in [0.29, 0.717) is 6.54 Å². The van der Waals surface area contributed by atoms with Crippen LogP contribution in [0.15, 0.2) is 0 Å². The van der Waals surface area contributed by atoms with E-state index in [1.165, 1.54) is 0 Å². The van der Waals surface area contributed by atoms with Crippen LogP contribution in [0.5, 0.6) is 0 Å². The zero-order chi connectivity index (χ0) is 23.9. The minimum atomic E-state index is -3.80. The van der Waals surface area contributed by atoms with Crippen molar-refractivity contribution in [1.82, 2.24) is 0 Å². The topological polar surface area (TPSA) is 233 Å². The maximum Gasteiger partial charge on any atom is 0.318 e. The van der Waals surface area contributed by atoms with Crippen LogP contribution in [0.3, 0.4) is 0 Å². The van der Waals surface area contributed by atoms with Crippen LogP contribution < -0.4 is 22.9 Å². The molecule has 178 valence electrons. The van der Waals surface area contributed by atoms with E-state index in [-0.39, 0.29) is 12.3 Å². The van der Waals surface area contributed by atoms with E-state index in [1.54, 1.807) is 21.6 Å². The molecule has 0 aliphatic carbocycles. The second-order valence-electron chi connectivity index (χ2n) is 4.37. The Kier molecular flexibility index (Phi) is 33.6. The summed E-state index contributed by atoms with van der Waals surface area (Å²) in [5, 5.41) is 13.9. The maximum absolute atomic E-state index is 10.1. The summed E-state index contributed by atoms with van der Waals surface area (Å²) in [6.45, 7) is 2.19. The molecule has 0 aliphatic rings. The van der Waals surface area contributed by atoms with Crippen molar-refractivity contribution in [2.75, 3.05) is 49.2 Å². The van der Waals surface area contributed by atoms with Gasteiger partial charge in [-0.2, -0.15) is 46.3 Å². The van der Waals surface area contributed by atoms with Crippen molar-refractivity contribution in [1.29, 1.82) is 0 Å². The average molecular weight is 537 g/mol. The number of hydrogen-bond donors (Lipinski definition) is 10. The molecule has 0 heterocycles. The highest BCUT2D eigenvalue weighted by Crippen LogP contribution is 2.18. The van der Waals surface area contributed by atoms with Crippen molar-refractivity contribution in [3.63, 3.8) is 0 Å². The van der Waals surface area contributed by atoms with Gasteiger partial charge in [-0.15, -0.1) is 0 Å². The van der Waals surface area contributed by atoms with E-state index < -0.39 is 32.6 Å². The summed E-state index contributed by atoms with van der Waals surface area (Å²) in [4.78, 5) is 20.1. The molecule has 2 atom stereocenters. The van der Waals surface area contributed by atoms with Gasteiger partial charge in [0.25, 0.3) is 10.1 Å². The Hall–Kier alpha value is 0.440. The Morgan fingerprint density at radius 2 is 1.14 bits per heavy atom. The molecule has 11 N–H and O–H groups in total. The molecule has 2 unspecified atom stereocenters. The summed E-state index contributed by atoms with van der Waals surface area (Å²) in [6, 6.07) is 0.